The first kappa shape index (κ1) is 30.0. The highest BCUT2D eigenvalue weighted by Gasteiger charge is 2.18. The van der Waals surface area contributed by atoms with E-state index in [0.29, 0.717) is 41.4 Å². The van der Waals surface area contributed by atoms with Gasteiger partial charge in [-0.2, -0.15) is 0 Å². The molecule has 10 heteroatoms. The molecule has 0 unspecified atom stereocenters. The Balaban J connectivity index is 0.00000241. The van der Waals surface area contributed by atoms with Crippen LogP contribution in [-0.4, -0.2) is 37.8 Å². The fourth-order valence-electron chi connectivity index (χ4n) is 4.42. The molecule has 0 radical (unpaired) electrons. The Hall–Kier alpha value is -3.23. The number of methoxy groups -OCH3 is 3. The van der Waals surface area contributed by atoms with Crippen LogP contribution in [0, 0.1) is 5.82 Å². The van der Waals surface area contributed by atoms with Gasteiger partial charge in [0, 0.05) is 41.1 Å². The topological polar surface area (TPSA) is 85.5 Å². The lowest BCUT2D eigenvalue weighted by molar-refractivity contribution is 0.356. The van der Waals surface area contributed by atoms with E-state index in [9.17, 15) is 9.18 Å². The summed E-state index contributed by atoms with van der Waals surface area (Å²) in [5.41, 5.74) is 2.62. The largest absolute Gasteiger partial charge is 0.494 e. The summed E-state index contributed by atoms with van der Waals surface area (Å²) in [6.07, 6.45) is 1.93. The molecule has 0 aliphatic heterocycles. The predicted molar refractivity (Wildman–Crippen MR) is 151 cm³/mol. The second-order valence-electron chi connectivity index (χ2n) is 8.30. The zero-order valence-corrected chi connectivity index (χ0v) is 23.1. The van der Waals surface area contributed by atoms with Crippen LogP contribution >= 0.6 is 24.8 Å². The number of ether oxygens (including phenoxy) is 3. The lowest BCUT2D eigenvalue weighted by Crippen LogP contribution is -2.17. The third-order valence-electron chi connectivity index (χ3n) is 6.09. The average molecular weight is 552 g/mol. The van der Waals surface area contributed by atoms with Gasteiger partial charge in [0.25, 0.3) is 5.56 Å². The summed E-state index contributed by atoms with van der Waals surface area (Å²) in [5, 5.41) is 5.70. The van der Waals surface area contributed by atoms with Crippen molar-refractivity contribution in [1.29, 1.82) is 0 Å². The van der Waals surface area contributed by atoms with E-state index in [2.05, 4.69) is 22.2 Å². The molecule has 4 rings (SSSR count). The summed E-state index contributed by atoms with van der Waals surface area (Å²) in [5.74, 6) is 1.43. The molecule has 200 valence electrons. The molecule has 0 fully saturated rings. The van der Waals surface area contributed by atoms with Crippen molar-refractivity contribution < 1.29 is 18.6 Å². The maximum Gasteiger partial charge on any atom is 0.252 e. The highest BCUT2D eigenvalue weighted by Crippen LogP contribution is 2.35. The van der Waals surface area contributed by atoms with E-state index in [1.54, 1.807) is 20.3 Å². The highest BCUT2D eigenvalue weighted by molar-refractivity contribution is 5.91. The number of fused-ring (bicyclic) bond motifs is 2. The van der Waals surface area contributed by atoms with Crippen molar-refractivity contribution in [3.05, 3.63) is 63.3 Å². The number of nitrogens with zero attached hydrogens (tertiary/aromatic N) is 1. The van der Waals surface area contributed by atoms with Crippen LogP contribution in [0.15, 0.2) is 35.1 Å². The molecule has 2 N–H and O–H groups in total. The van der Waals surface area contributed by atoms with Gasteiger partial charge in [0.15, 0.2) is 23.1 Å². The Morgan fingerprint density at radius 1 is 0.919 bits per heavy atom. The van der Waals surface area contributed by atoms with Crippen molar-refractivity contribution in [3.63, 3.8) is 0 Å². The number of aromatic amines is 1. The van der Waals surface area contributed by atoms with Crippen molar-refractivity contribution in [2.24, 2.45) is 0 Å². The lowest BCUT2D eigenvalue weighted by Gasteiger charge is -2.16. The maximum atomic E-state index is 14.3. The van der Waals surface area contributed by atoms with Gasteiger partial charge in [0.1, 0.15) is 5.82 Å². The van der Waals surface area contributed by atoms with Gasteiger partial charge in [-0.05, 0) is 48.6 Å². The average Bonchev–Trinajstić information content (AvgIpc) is 2.85. The number of H-pyrrole nitrogens is 1. The minimum atomic E-state index is -0.474. The van der Waals surface area contributed by atoms with Gasteiger partial charge in [-0.25, -0.2) is 9.37 Å². The van der Waals surface area contributed by atoms with E-state index < -0.39 is 5.82 Å². The van der Waals surface area contributed by atoms with Gasteiger partial charge in [0.05, 0.1) is 26.8 Å². The molecule has 2 aromatic carbocycles. The number of benzene rings is 2. The van der Waals surface area contributed by atoms with Crippen molar-refractivity contribution in [2.75, 3.05) is 33.2 Å². The SMILES string of the molecule is CCCc1[nH]c(=O)c(Cc2cc3cc(OC)c(F)cc3nc2NCC)c2cc(OC)c(OC)cc12.Cl.Cl. The molecular weight excluding hydrogens is 520 g/mol. The monoisotopic (exact) mass is 551 g/mol. The van der Waals surface area contributed by atoms with Gasteiger partial charge in [-0.3, -0.25) is 4.79 Å². The quantitative estimate of drug-likeness (QED) is 0.263. The van der Waals surface area contributed by atoms with Crippen LogP contribution in [-0.2, 0) is 12.8 Å². The van der Waals surface area contributed by atoms with E-state index in [1.165, 1.54) is 13.2 Å². The fourth-order valence-corrected chi connectivity index (χ4v) is 4.42. The molecule has 0 saturated carbocycles. The van der Waals surface area contributed by atoms with Crippen LogP contribution < -0.4 is 25.1 Å². The number of halogens is 3. The number of rotatable bonds is 9. The van der Waals surface area contributed by atoms with Gasteiger partial charge < -0.3 is 24.5 Å². The van der Waals surface area contributed by atoms with E-state index >= 15 is 0 Å². The van der Waals surface area contributed by atoms with Crippen LogP contribution in [0.25, 0.3) is 21.7 Å². The smallest absolute Gasteiger partial charge is 0.252 e. The van der Waals surface area contributed by atoms with Crippen molar-refractivity contribution >= 4 is 52.3 Å². The molecule has 0 aliphatic rings. The first-order valence-corrected chi connectivity index (χ1v) is 11.6. The van der Waals surface area contributed by atoms with Gasteiger partial charge in [0.2, 0.25) is 0 Å². The van der Waals surface area contributed by atoms with Crippen LogP contribution in [0.4, 0.5) is 10.2 Å². The second kappa shape index (κ2) is 12.8. The molecule has 2 aromatic heterocycles. The van der Waals surface area contributed by atoms with E-state index in [-0.39, 0.29) is 36.1 Å². The third kappa shape index (κ3) is 5.86. The summed E-state index contributed by atoms with van der Waals surface area (Å²) in [7, 11) is 4.60. The zero-order valence-electron chi connectivity index (χ0n) is 21.5. The van der Waals surface area contributed by atoms with Crippen LogP contribution in [0.2, 0.25) is 0 Å². The Kier molecular flexibility index (Phi) is 10.4. The van der Waals surface area contributed by atoms with Crippen molar-refractivity contribution in [3.8, 4) is 17.2 Å². The van der Waals surface area contributed by atoms with Crippen molar-refractivity contribution in [1.82, 2.24) is 9.97 Å². The van der Waals surface area contributed by atoms with Gasteiger partial charge >= 0.3 is 0 Å². The summed E-state index contributed by atoms with van der Waals surface area (Å²) < 4.78 is 30.5. The van der Waals surface area contributed by atoms with Crippen LogP contribution in [0.5, 0.6) is 17.2 Å². The number of hydrogen-bond donors (Lipinski definition) is 2. The fraction of sp³-hybridized carbons (Fsp3) is 0.333. The Morgan fingerprint density at radius 2 is 1.57 bits per heavy atom. The first-order chi connectivity index (χ1) is 16.9. The molecule has 0 bridgehead atoms. The molecule has 37 heavy (non-hydrogen) atoms. The molecule has 7 nitrogen and oxygen atoms in total. The van der Waals surface area contributed by atoms with E-state index in [0.717, 1.165) is 40.3 Å². The normalized spacial score (nSPS) is 10.5. The molecule has 0 spiro atoms. The molecule has 2 heterocycles. The van der Waals surface area contributed by atoms with E-state index in [1.807, 2.05) is 25.1 Å². The number of anilines is 1. The molecule has 0 saturated heterocycles. The third-order valence-corrected chi connectivity index (χ3v) is 6.09. The van der Waals surface area contributed by atoms with Crippen LogP contribution in [0.3, 0.4) is 0 Å². The highest BCUT2D eigenvalue weighted by atomic mass is 35.5. The second-order valence-corrected chi connectivity index (χ2v) is 8.30. The number of hydrogen-bond acceptors (Lipinski definition) is 6. The number of nitrogens with one attached hydrogen (secondary N) is 2. The molecule has 0 aliphatic carbocycles. The van der Waals surface area contributed by atoms with Gasteiger partial charge in [-0.1, -0.05) is 13.3 Å². The first-order valence-electron chi connectivity index (χ1n) is 11.6. The predicted octanol–water partition coefficient (Wildman–Crippen LogP) is 6.06. The standard InChI is InChI=1S/C27H30FN3O4.2ClH/c1-6-8-21-18-13-25(35-5)24(34-4)12-17(18)19(27(32)31-21)10-16-9-15-11-23(33-3)20(28)14-22(15)30-26(16)29-7-2;;/h9,11-14H,6-8,10H2,1-5H3,(H,29,30)(H,31,32);2*1H. The number of aryl methyl sites for hydroxylation is 1. The molecule has 0 atom stereocenters. The van der Waals surface area contributed by atoms with Crippen molar-refractivity contribution in [2.45, 2.75) is 33.1 Å². The summed E-state index contributed by atoms with van der Waals surface area (Å²) >= 11 is 0. The summed E-state index contributed by atoms with van der Waals surface area (Å²) in [6, 6.07) is 8.68. The van der Waals surface area contributed by atoms with E-state index in [4.69, 9.17) is 14.2 Å². The summed E-state index contributed by atoms with van der Waals surface area (Å²) in [4.78, 5) is 21.1. The lowest BCUT2D eigenvalue weighted by atomic mass is 9.96. The minimum absolute atomic E-state index is 0. The molecule has 4 aromatic rings. The van der Waals surface area contributed by atoms with Crippen LogP contribution in [0.1, 0.15) is 37.1 Å². The zero-order chi connectivity index (χ0) is 25.1. The Labute approximate surface area is 227 Å². The number of pyridine rings is 2. The molecular formula is C27H32Cl2FN3O4. The maximum absolute atomic E-state index is 14.3. The number of aromatic nitrogens is 2. The Bertz CT molecular complexity index is 1460. The van der Waals surface area contributed by atoms with Gasteiger partial charge in [-0.15, -0.1) is 24.8 Å². The minimum Gasteiger partial charge on any atom is -0.494 e. The Morgan fingerprint density at radius 3 is 2.16 bits per heavy atom. The summed E-state index contributed by atoms with van der Waals surface area (Å²) in [6.45, 7) is 4.66. The molecule has 0 amide bonds.